The number of carbonyl (C=O) groups is 1. The van der Waals surface area contributed by atoms with E-state index in [-0.39, 0.29) is 12.1 Å². The number of rotatable bonds is 1. The molecule has 2 rings (SSSR count). The quantitative estimate of drug-likeness (QED) is 0.423. The average molecular weight is 156 g/mol. The topological polar surface area (TPSA) is 38.8 Å². The number of ether oxygens (including phenoxy) is 2. The molecule has 0 radical (unpaired) electrons. The van der Waals surface area contributed by atoms with Crippen molar-refractivity contribution in [1.29, 1.82) is 0 Å². The summed E-state index contributed by atoms with van der Waals surface area (Å²) < 4.78 is 10.4. The Hall–Kier alpha value is -0.570. The third-order valence-electron chi connectivity index (χ3n) is 2.33. The first-order chi connectivity index (χ1) is 5.23. The van der Waals surface area contributed by atoms with Crippen LogP contribution in [0.5, 0.6) is 0 Å². The molecular formula is C8H12O3. The Balaban J connectivity index is 1.96. The van der Waals surface area contributed by atoms with Crippen molar-refractivity contribution in [3.63, 3.8) is 0 Å². The molecule has 62 valence electrons. The summed E-state index contributed by atoms with van der Waals surface area (Å²) in [6, 6.07) is 0. The molecule has 1 saturated heterocycles. The van der Waals surface area contributed by atoms with Gasteiger partial charge in [0.2, 0.25) is 5.79 Å². The van der Waals surface area contributed by atoms with Crippen molar-refractivity contribution in [2.45, 2.75) is 44.5 Å². The minimum atomic E-state index is -0.482. The molecule has 0 bridgehead atoms. The number of fused-ring (bicyclic) bond motifs is 1. The second kappa shape index (κ2) is 2.21. The predicted molar refractivity (Wildman–Crippen MR) is 37.8 cm³/mol. The van der Waals surface area contributed by atoms with Crippen molar-refractivity contribution >= 4 is 5.97 Å². The standard InChI is InChI=1S/C8H12O3/c1-6(9)10-8-5-3-2-4-7(8)11-8/h7H,2-5H2,1H3. The summed E-state index contributed by atoms with van der Waals surface area (Å²) in [6.45, 7) is 1.43. The van der Waals surface area contributed by atoms with Gasteiger partial charge < -0.3 is 9.47 Å². The Morgan fingerprint density at radius 2 is 2.45 bits per heavy atom. The van der Waals surface area contributed by atoms with Crippen LogP contribution in [-0.2, 0) is 14.3 Å². The molecule has 0 spiro atoms. The van der Waals surface area contributed by atoms with Crippen LogP contribution < -0.4 is 0 Å². The highest BCUT2D eigenvalue weighted by atomic mass is 16.8. The van der Waals surface area contributed by atoms with Gasteiger partial charge in [0.1, 0.15) is 6.10 Å². The minimum Gasteiger partial charge on any atom is -0.430 e. The van der Waals surface area contributed by atoms with E-state index in [1.54, 1.807) is 0 Å². The third-order valence-corrected chi connectivity index (χ3v) is 2.33. The molecule has 0 N–H and O–H groups in total. The average Bonchev–Trinajstić information content (AvgIpc) is 2.59. The van der Waals surface area contributed by atoms with Crippen molar-refractivity contribution in [3.05, 3.63) is 0 Å². The zero-order valence-corrected chi connectivity index (χ0v) is 6.63. The second-order valence-electron chi connectivity index (χ2n) is 3.26. The smallest absolute Gasteiger partial charge is 0.305 e. The lowest BCUT2D eigenvalue weighted by molar-refractivity contribution is -0.157. The Morgan fingerprint density at radius 1 is 1.64 bits per heavy atom. The van der Waals surface area contributed by atoms with Crippen LogP contribution in [0.4, 0.5) is 0 Å². The van der Waals surface area contributed by atoms with E-state index >= 15 is 0 Å². The zero-order valence-electron chi connectivity index (χ0n) is 6.63. The number of epoxide rings is 1. The van der Waals surface area contributed by atoms with Crippen LogP contribution in [0.1, 0.15) is 32.6 Å². The van der Waals surface area contributed by atoms with Gasteiger partial charge in [0.05, 0.1) is 0 Å². The summed E-state index contributed by atoms with van der Waals surface area (Å²) in [6.07, 6.45) is 4.46. The van der Waals surface area contributed by atoms with Crippen LogP contribution >= 0.6 is 0 Å². The summed E-state index contributed by atoms with van der Waals surface area (Å²) in [5.41, 5.74) is 0. The molecule has 11 heavy (non-hydrogen) atoms. The van der Waals surface area contributed by atoms with E-state index in [0.717, 1.165) is 19.3 Å². The highest BCUT2D eigenvalue weighted by Gasteiger charge is 2.60. The van der Waals surface area contributed by atoms with Crippen molar-refractivity contribution in [3.8, 4) is 0 Å². The van der Waals surface area contributed by atoms with E-state index in [4.69, 9.17) is 9.47 Å². The maximum absolute atomic E-state index is 10.6. The molecule has 1 saturated carbocycles. The fraction of sp³-hybridized carbons (Fsp3) is 0.875. The van der Waals surface area contributed by atoms with Crippen molar-refractivity contribution in [2.24, 2.45) is 0 Å². The van der Waals surface area contributed by atoms with Crippen LogP contribution in [0.3, 0.4) is 0 Å². The molecule has 3 heteroatoms. The monoisotopic (exact) mass is 156 g/mol. The first-order valence-electron chi connectivity index (χ1n) is 4.10. The van der Waals surface area contributed by atoms with Gasteiger partial charge in [-0.25, -0.2) is 0 Å². The molecule has 0 aromatic rings. The van der Waals surface area contributed by atoms with E-state index in [1.807, 2.05) is 0 Å². The van der Waals surface area contributed by atoms with Crippen LogP contribution in [0.2, 0.25) is 0 Å². The summed E-state index contributed by atoms with van der Waals surface area (Å²) in [4.78, 5) is 10.6. The van der Waals surface area contributed by atoms with Gasteiger partial charge in [-0.1, -0.05) is 6.42 Å². The summed E-state index contributed by atoms with van der Waals surface area (Å²) in [5, 5.41) is 0. The maximum Gasteiger partial charge on any atom is 0.305 e. The second-order valence-corrected chi connectivity index (χ2v) is 3.26. The van der Waals surface area contributed by atoms with Gasteiger partial charge in [0.25, 0.3) is 0 Å². The third kappa shape index (κ3) is 1.13. The number of esters is 1. The van der Waals surface area contributed by atoms with Crippen molar-refractivity contribution in [1.82, 2.24) is 0 Å². The molecule has 2 fully saturated rings. The van der Waals surface area contributed by atoms with Crippen molar-refractivity contribution < 1.29 is 14.3 Å². The molecular weight excluding hydrogens is 144 g/mol. The molecule has 2 unspecified atom stereocenters. The first kappa shape index (κ1) is 7.10. The molecule has 2 aliphatic rings. The maximum atomic E-state index is 10.6. The van der Waals surface area contributed by atoms with Gasteiger partial charge in [0.15, 0.2) is 0 Å². The molecule has 1 aliphatic carbocycles. The molecule has 1 aliphatic heterocycles. The number of hydrogen-bond donors (Lipinski definition) is 0. The SMILES string of the molecule is CC(=O)OC12CCCCC1O2. The zero-order chi connectivity index (χ0) is 7.90. The first-order valence-corrected chi connectivity index (χ1v) is 4.10. The van der Waals surface area contributed by atoms with Gasteiger partial charge in [-0.2, -0.15) is 0 Å². The summed E-state index contributed by atoms with van der Waals surface area (Å²) in [5.74, 6) is -0.709. The van der Waals surface area contributed by atoms with E-state index < -0.39 is 5.79 Å². The molecule has 3 nitrogen and oxygen atoms in total. The Morgan fingerprint density at radius 3 is 3.09 bits per heavy atom. The van der Waals surface area contributed by atoms with Gasteiger partial charge in [-0.3, -0.25) is 4.79 Å². The fourth-order valence-electron chi connectivity index (χ4n) is 1.79. The lowest BCUT2D eigenvalue weighted by atomic mass is 9.98. The van der Waals surface area contributed by atoms with E-state index in [9.17, 15) is 4.79 Å². The lowest BCUT2D eigenvalue weighted by Gasteiger charge is -2.16. The van der Waals surface area contributed by atoms with Crippen LogP contribution in [0.25, 0.3) is 0 Å². The normalized spacial score (nSPS) is 41.0. The highest BCUT2D eigenvalue weighted by Crippen LogP contribution is 2.48. The van der Waals surface area contributed by atoms with Gasteiger partial charge >= 0.3 is 5.97 Å². The molecule has 0 amide bonds. The van der Waals surface area contributed by atoms with Gasteiger partial charge in [0, 0.05) is 13.3 Å². The predicted octanol–water partition coefficient (Wildman–Crippen LogP) is 1.22. The molecule has 2 atom stereocenters. The minimum absolute atomic E-state index is 0.208. The summed E-state index contributed by atoms with van der Waals surface area (Å²) >= 11 is 0. The van der Waals surface area contributed by atoms with Crippen LogP contribution in [0, 0.1) is 0 Å². The van der Waals surface area contributed by atoms with Gasteiger partial charge in [-0.05, 0) is 12.8 Å². The highest BCUT2D eigenvalue weighted by molar-refractivity contribution is 5.66. The Bertz CT molecular complexity index is 190. The Labute approximate surface area is 65.7 Å². The number of hydrogen-bond acceptors (Lipinski definition) is 3. The van der Waals surface area contributed by atoms with Crippen LogP contribution in [-0.4, -0.2) is 17.9 Å². The summed E-state index contributed by atoms with van der Waals surface area (Å²) in [7, 11) is 0. The molecule has 1 heterocycles. The fourth-order valence-corrected chi connectivity index (χ4v) is 1.79. The largest absolute Gasteiger partial charge is 0.430 e. The van der Waals surface area contributed by atoms with E-state index in [2.05, 4.69) is 0 Å². The van der Waals surface area contributed by atoms with Crippen molar-refractivity contribution in [2.75, 3.05) is 0 Å². The van der Waals surface area contributed by atoms with E-state index in [1.165, 1.54) is 13.3 Å². The van der Waals surface area contributed by atoms with Gasteiger partial charge in [-0.15, -0.1) is 0 Å². The molecule has 0 aromatic carbocycles. The lowest BCUT2D eigenvalue weighted by Crippen LogP contribution is -2.25. The van der Waals surface area contributed by atoms with E-state index in [0.29, 0.717) is 0 Å². The number of carbonyl (C=O) groups excluding carboxylic acids is 1. The van der Waals surface area contributed by atoms with Crippen LogP contribution in [0.15, 0.2) is 0 Å². The molecule has 0 aromatic heterocycles. The Kier molecular flexibility index (Phi) is 1.42.